The molecule has 5 nitrogen and oxygen atoms in total. The standard InChI is InChI=1S/C19H21N3O2S/c1-13(16-8-7-9-17(12-16)20-15(3)23)21-22-19(24)14(2)25-18-10-5-4-6-11-18/h4-12,14H,1-3H3,(H,20,23)(H,22,24)/t14-/m0/s1. The maximum absolute atomic E-state index is 12.2. The molecular formula is C19H21N3O2S. The van der Waals surface area contributed by atoms with Gasteiger partial charge in [-0.2, -0.15) is 5.10 Å². The molecule has 130 valence electrons. The van der Waals surface area contributed by atoms with Gasteiger partial charge in [0.05, 0.1) is 11.0 Å². The molecule has 2 N–H and O–H groups in total. The second kappa shape index (κ2) is 9.03. The van der Waals surface area contributed by atoms with Gasteiger partial charge >= 0.3 is 0 Å². The number of amides is 2. The van der Waals surface area contributed by atoms with Gasteiger partial charge in [-0.3, -0.25) is 9.59 Å². The van der Waals surface area contributed by atoms with Crippen LogP contribution in [0.5, 0.6) is 0 Å². The quantitative estimate of drug-likeness (QED) is 0.472. The lowest BCUT2D eigenvalue weighted by atomic mass is 10.1. The number of thioether (sulfide) groups is 1. The SMILES string of the molecule is CC(=O)Nc1cccc(C(C)=NNC(=O)[C@H](C)Sc2ccccc2)c1. The van der Waals surface area contributed by atoms with E-state index in [0.29, 0.717) is 11.4 Å². The molecule has 0 radical (unpaired) electrons. The number of hydrazone groups is 1. The van der Waals surface area contributed by atoms with Crippen molar-refractivity contribution in [2.75, 3.05) is 5.32 Å². The first kappa shape index (κ1) is 18.7. The van der Waals surface area contributed by atoms with Crippen LogP contribution >= 0.6 is 11.8 Å². The van der Waals surface area contributed by atoms with Crippen LogP contribution in [0, 0.1) is 0 Å². The number of anilines is 1. The van der Waals surface area contributed by atoms with E-state index in [1.54, 1.807) is 6.07 Å². The number of hydrogen-bond acceptors (Lipinski definition) is 4. The second-order valence-corrected chi connectivity index (χ2v) is 6.92. The Morgan fingerprint density at radius 2 is 1.76 bits per heavy atom. The van der Waals surface area contributed by atoms with E-state index in [4.69, 9.17) is 0 Å². The van der Waals surface area contributed by atoms with E-state index in [0.717, 1.165) is 10.5 Å². The molecule has 25 heavy (non-hydrogen) atoms. The Balaban J connectivity index is 1.98. The van der Waals surface area contributed by atoms with Crippen molar-refractivity contribution in [1.29, 1.82) is 0 Å². The number of nitrogens with one attached hydrogen (secondary N) is 2. The number of carbonyl (C=O) groups excluding carboxylic acids is 2. The zero-order valence-corrected chi connectivity index (χ0v) is 15.3. The number of hydrogen-bond donors (Lipinski definition) is 2. The van der Waals surface area contributed by atoms with Gasteiger partial charge in [-0.15, -0.1) is 11.8 Å². The Hall–Kier alpha value is -2.60. The summed E-state index contributed by atoms with van der Waals surface area (Å²) in [6.07, 6.45) is 0. The molecule has 0 unspecified atom stereocenters. The highest BCUT2D eigenvalue weighted by atomic mass is 32.2. The van der Waals surface area contributed by atoms with Gasteiger partial charge < -0.3 is 5.32 Å². The highest BCUT2D eigenvalue weighted by Gasteiger charge is 2.13. The number of nitrogens with zero attached hydrogens (tertiary/aromatic N) is 1. The molecule has 2 rings (SSSR count). The summed E-state index contributed by atoms with van der Waals surface area (Å²) in [6, 6.07) is 17.1. The molecule has 0 heterocycles. The molecule has 1 atom stereocenters. The molecule has 0 aromatic heterocycles. The van der Waals surface area contributed by atoms with Gasteiger partial charge in [-0.25, -0.2) is 5.43 Å². The summed E-state index contributed by atoms with van der Waals surface area (Å²) in [7, 11) is 0. The molecule has 2 amide bonds. The van der Waals surface area contributed by atoms with Crippen LogP contribution in [0.25, 0.3) is 0 Å². The van der Waals surface area contributed by atoms with Crippen LogP contribution in [0.1, 0.15) is 26.3 Å². The lowest BCUT2D eigenvalue weighted by Crippen LogP contribution is -2.27. The topological polar surface area (TPSA) is 70.6 Å². The number of benzene rings is 2. The summed E-state index contributed by atoms with van der Waals surface area (Å²) in [5, 5.41) is 6.63. The number of rotatable bonds is 6. The zero-order chi connectivity index (χ0) is 18.2. The van der Waals surface area contributed by atoms with E-state index >= 15 is 0 Å². The summed E-state index contributed by atoms with van der Waals surface area (Å²) in [4.78, 5) is 24.4. The Labute approximate surface area is 151 Å². The molecule has 0 spiro atoms. The van der Waals surface area contributed by atoms with Crippen LogP contribution < -0.4 is 10.7 Å². The van der Waals surface area contributed by atoms with Crippen molar-refractivity contribution >= 4 is 35.0 Å². The van der Waals surface area contributed by atoms with E-state index in [1.165, 1.54) is 18.7 Å². The third-order valence-electron chi connectivity index (χ3n) is 3.36. The summed E-state index contributed by atoms with van der Waals surface area (Å²) < 4.78 is 0. The minimum atomic E-state index is -0.260. The Morgan fingerprint density at radius 3 is 2.44 bits per heavy atom. The molecule has 0 bridgehead atoms. The van der Waals surface area contributed by atoms with E-state index in [-0.39, 0.29) is 17.1 Å². The molecule has 0 aliphatic rings. The zero-order valence-electron chi connectivity index (χ0n) is 14.4. The lowest BCUT2D eigenvalue weighted by molar-refractivity contribution is -0.120. The fraction of sp³-hybridized carbons (Fsp3) is 0.211. The molecule has 2 aromatic rings. The Kier molecular flexibility index (Phi) is 6.77. The first-order chi connectivity index (χ1) is 12.0. The van der Waals surface area contributed by atoms with E-state index in [9.17, 15) is 9.59 Å². The van der Waals surface area contributed by atoms with Crippen molar-refractivity contribution < 1.29 is 9.59 Å². The molecule has 0 aliphatic heterocycles. The fourth-order valence-electron chi connectivity index (χ4n) is 2.08. The summed E-state index contributed by atoms with van der Waals surface area (Å²) in [6.45, 7) is 5.11. The fourth-order valence-corrected chi connectivity index (χ4v) is 2.96. The van der Waals surface area contributed by atoms with Gasteiger partial charge in [-0.1, -0.05) is 30.3 Å². The Bertz CT molecular complexity index is 775. The lowest BCUT2D eigenvalue weighted by Gasteiger charge is -2.10. The predicted octanol–water partition coefficient (Wildman–Crippen LogP) is 3.67. The second-order valence-electron chi connectivity index (χ2n) is 5.51. The van der Waals surface area contributed by atoms with Crippen molar-refractivity contribution in [1.82, 2.24) is 5.43 Å². The third-order valence-corrected chi connectivity index (χ3v) is 4.47. The van der Waals surface area contributed by atoms with Crippen molar-refractivity contribution in [2.24, 2.45) is 5.10 Å². The monoisotopic (exact) mass is 355 g/mol. The number of carbonyl (C=O) groups is 2. The van der Waals surface area contributed by atoms with Crippen LogP contribution in [0.15, 0.2) is 64.6 Å². The van der Waals surface area contributed by atoms with Crippen molar-refractivity contribution in [3.8, 4) is 0 Å². The maximum Gasteiger partial charge on any atom is 0.253 e. The summed E-state index contributed by atoms with van der Waals surface area (Å²) in [5.74, 6) is -0.293. The van der Waals surface area contributed by atoms with Crippen LogP contribution in [-0.2, 0) is 9.59 Å². The third kappa shape index (κ3) is 6.08. The van der Waals surface area contributed by atoms with Crippen LogP contribution in [0.2, 0.25) is 0 Å². The molecule has 0 saturated carbocycles. The molecule has 0 saturated heterocycles. The first-order valence-corrected chi connectivity index (χ1v) is 8.77. The van der Waals surface area contributed by atoms with Gasteiger partial charge in [0.15, 0.2) is 0 Å². The largest absolute Gasteiger partial charge is 0.326 e. The summed E-state index contributed by atoms with van der Waals surface area (Å²) >= 11 is 1.48. The van der Waals surface area contributed by atoms with Gasteiger partial charge in [0, 0.05) is 17.5 Å². The normalized spacial score (nSPS) is 12.4. The maximum atomic E-state index is 12.2. The highest BCUT2D eigenvalue weighted by Crippen LogP contribution is 2.22. The van der Waals surface area contributed by atoms with E-state index < -0.39 is 0 Å². The van der Waals surface area contributed by atoms with Gasteiger partial charge in [0.1, 0.15) is 0 Å². The van der Waals surface area contributed by atoms with E-state index in [1.807, 2.05) is 62.4 Å². The average molecular weight is 355 g/mol. The van der Waals surface area contributed by atoms with Crippen LogP contribution in [0.3, 0.4) is 0 Å². The van der Waals surface area contributed by atoms with E-state index in [2.05, 4.69) is 15.8 Å². The van der Waals surface area contributed by atoms with Crippen molar-refractivity contribution in [3.05, 3.63) is 60.2 Å². The highest BCUT2D eigenvalue weighted by molar-refractivity contribution is 8.00. The molecular weight excluding hydrogens is 334 g/mol. The smallest absolute Gasteiger partial charge is 0.253 e. The summed E-state index contributed by atoms with van der Waals surface area (Å²) in [5.41, 5.74) is 4.79. The average Bonchev–Trinajstić information content (AvgIpc) is 2.59. The molecule has 0 fully saturated rings. The molecule has 2 aromatic carbocycles. The predicted molar refractivity (Wildman–Crippen MR) is 103 cm³/mol. The van der Waals surface area contributed by atoms with Gasteiger partial charge in [-0.05, 0) is 43.7 Å². The van der Waals surface area contributed by atoms with Crippen LogP contribution in [0.4, 0.5) is 5.69 Å². The van der Waals surface area contributed by atoms with Crippen molar-refractivity contribution in [2.45, 2.75) is 30.9 Å². The van der Waals surface area contributed by atoms with Crippen molar-refractivity contribution in [3.63, 3.8) is 0 Å². The Morgan fingerprint density at radius 1 is 1.04 bits per heavy atom. The molecule has 6 heteroatoms. The molecule has 0 aliphatic carbocycles. The minimum Gasteiger partial charge on any atom is -0.326 e. The van der Waals surface area contributed by atoms with Crippen LogP contribution in [-0.4, -0.2) is 22.8 Å². The van der Waals surface area contributed by atoms with Gasteiger partial charge in [0.2, 0.25) is 5.91 Å². The van der Waals surface area contributed by atoms with Gasteiger partial charge in [0.25, 0.3) is 5.91 Å². The first-order valence-electron chi connectivity index (χ1n) is 7.89. The minimum absolute atomic E-state index is 0.133.